The van der Waals surface area contributed by atoms with Gasteiger partial charge in [-0.25, -0.2) is 9.56 Å². The number of pyridine rings is 1. The molecule has 3 aliphatic heterocycles. The van der Waals surface area contributed by atoms with Crippen LogP contribution in [0.15, 0.2) is 34.5 Å². The highest BCUT2D eigenvalue weighted by Crippen LogP contribution is 2.35. The topological polar surface area (TPSA) is 85.8 Å². The maximum atomic E-state index is 13.7. The van der Waals surface area contributed by atoms with Gasteiger partial charge in [0, 0.05) is 58.0 Å². The molecule has 2 saturated heterocycles. The summed E-state index contributed by atoms with van der Waals surface area (Å²) < 4.78 is 48.2. The first kappa shape index (κ1) is 26.9. The lowest BCUT2D eigenvalue weighted by Crippen LogP contribution is -2.37. The highest BCUT2D eigenvalue weighted by molar-refractivity contribution is 5.96. The fraction of sp³-hybridized carbons (Fsp3) is 0.519. The molecule has 9 nitrogen and oxygen atoms in total. The third kappa shape index (κ3) is 5.99. The normalized spacial score (nSPS) is 18.6. The number of hydrogen-bond donors (Lipinski definition) is 0. The van der Waals surface area contributed by atoms with E-state index in [1.807, 2.05) is 28.8 Å². The summed E-state index contributed by atoms with van der Waals surface area (Å²) in [4.78, 5) is 39.5. The molecule has 0 aliphatic carbocycles. The number of ketones is 1. The van der Waals surface area contributed by atoms with Crippen molar-refractivity contribution in [2.45, 2.75) is 44.7 Å². The van der Waals surface area contributed by atoms with Crippen LogP contribution in [0.2, 0.25) is 0 Å². The van der Waals surface area contributed by atoms with E-state index >= 15 is 0 Å². The van der Waals surface area contributed by atoms with Crippen LogP contribution >= 0.6 is 0 Å². The lowest BCUT2D eigenvalue weighted by atomic mass is 10.1. The van der Waals surface area contributed by atoms with Gasteiger partial charge in [-0.2, -0.15) is 18.2 Å². The van der Waals surface area contributed by atoms with Crippen molar-refractivity contribution in [3.05, 3.63) is 47.1 Å². The highest BCUT2D eigenvalue weighted by atomic mass is 19.4. The first-order valence-electron chi connectivity index (χ1n) is 13.3. The molecular weight excluding hydrogens is 513 g/mol. The Morgan fingerprint density at radius 1 is 1.00 bits per heavy atom. The van der Waals surface area contributed by atoms with Crippen molar-refractivity contribution in [2.24, 2.45) is 0 Å². The molecule has 5 heterocycles. The largest absolute Gasteiger partial charge is 0.437 e. The third-order valence-corrected chi connectivity index (χ3v) is 7.33. The van der Waals surface area contributed by atoms with E-state index in [-0.39, 0.29) is 18.3 Å². The van der Waals surface area contributed by atoms with Crippen LogP contribution in [0.4, 0.5) is 25.0 Å². The summed E-state index contributed by atoms with van der Waals surface area (Å²) in [5.74, 6) is -0.844. The van der Waals surface area contributed by atoms with E-state index in [1.165, 1.54) is 6.20 Å². The van der Waals surface area contributed by atoms with E-state index in [0.717, 1.165) is 32.1 Å². The Kier molecular flexibility index (Phi) is 7.72. The van der Waals surface area contributed by atoms with Crippen molar-refractivity contribution in [3.8, 4) is 0 Å². The Morgan fingerprint density at radius 3 is 2.44 bits per heavy atom. The third-order valence-electron chi connectivity index (χ3n) is 7.33. The minimum atomic E-state index is -4.80. The molecule has 2 aromatic heterocycles. The van der Waals surface area contributed by atoms with Gasteiger partial charge in [0.05, 0.1) is 6.42 Å². The minimum Gasteiger partial charge on any atom is -0.420 e. The smallest absolute Gasteiger partial charge is 0.420 e. The van der Waals surface area contributed by atoms with Crippen LogP contribution < -0.4 is 9.80 Å². The van der Waals surface area contributed by atoms with E-state index in [1.54, 1.807) is 17.0 Å². The Morgan fingerprint density at radius 2 is 1.77 bits per heavy atom. The van der Waals surface area contributed by atoms with Gasteiger partial charge in [0.25, 0.3) is 11.7 Å². The van der Waals surface area contributed by atoms with Crippen LogP contribution in [0.5, 0.6) is 0 Å². The highest BCUT2D eigenvalue weighted by Gasteiger charge is 2.42. The molecule has 0 unspecified atom stereocenters. The van der Waals surface area contributed by atoms with Crippen LogP contribution in [0.25, 0.3) is 0 Å². The zero-order chi connectivity index (χ0) is 27.6. The molecule has 0 bridgehead atoms. The van der Waals surface area contributed by atoms with Crippen molar-refractivity contribution >= 4 is 29.7 Å². The molecule has 0 aromatic carbocycles. The summed E-state index contributed by atoms with van der Waals surface area (Å²) in [5, 5.41) is 0. The Labute approximate surface area is 224 Å². The van der Waals surface area contributed by atoms with Crippen LogP contribution in [0.1, 0.15) is 53.9 Å². The van der Waals surface area contributed by atoms with Gasteiger partial charge in [0.2, 0.25) is 11.5 Å². The number of allylic oxidation sites excluding steroid dienone is 1. The van der Waals surface area contributed by atoms with E-state index in [9.17, 15) is 22.8 Å². The molecule has 0 N–H and O–H groups in total. The predicted octanol–water partition coefficient (Wildman–Crippen LogP) is 3.54. The monoisotopic (exact) mass is 545 g/mol. The average molecular weight is 546 g/mol. The van der Waals surface area contributed by atoms with Gasteiger partial charge in [-0.05, 0) is 37.3 Å². The first-order chi connectivity index (χ1) is 18.7. The summed E-state index contributed by atoms with van der Waals surface area (Å²) in [5.41, 5.74) is -0.107. The number of likely N-dealkylation sites (N-methyl/N-ethyl adjacent to an activating group) is 1. The Bertz CT molecular complexity index is 1280. The average Bonchev–Trinajstić information content (AvgIpc) is 3.49. The zero-order valence-corrected chi connectivity index (χ0v) is 21.9. The summed E-state index contributed by atoms with van der Waals surface area (Å²) in [6.07, 6.45) is 4.52. The van der Waals surface area contributed by atoms with Crippen LogP contribution in [0, 0.1) is 0 Å². The van der Waals surface area contributed by atoms with Crippen LogP contribution in [-0.4, -0.2) is 83.7 Å². The molecule has 39 heavy (non-hydrogen) atoms. The number of nitrogens with zero attached hydrogens (tertiary/aromatic N) is 6. The van der Waals surface area contributed by atoms with Gasteiger partial charge in [-0.1, -0.05) is 6.07 Å². The van der Waals surface area contributed by atoms with Gasteiger partial charge < -0.3 is 19.1 Å². The van der Waals surface area contributed by atoms with Crippen molar-refractivity contribution in [1.82, 2.24) is 14.9 Å². The number of amides is 1. The number of carbonyl (C=O) groups is 2. The van der Waals surface area contributed by atoms with E-state index in [2.05, 4.69) is 14.9 Å². The SMILES string of the molecule is C[N+]1=CCC=C1C(=O)N1CCCN(c2ccc(CC(=O)c3oc(N4CCCCC4)nc3C(F)(F)F)cn2)CC1. The Hall–Kier alpha value is -3.70. The minimum absolute atomic E-state index is 0.0176. The number of anilines is 2. The number of piperidine rings is 1. The molecule has 0 saturated carbocycles. The quantitative estimate of drug-likeness (QED) is 0.406. The zero-order valence-electron chi connectivity index (χ0n) is 21.9. The second-order valence-corrected chi connectivity index (χ2v) is 10.1. The summed E-state index contributed by atoms with van der Waals surface area (Å²) in [6, 6.07) is 3.30. The molecule has 0 spiro atoms. The van der Waals surface area contributed by atoms with E-state index < -0.39 is 23.4 Å². The van der Waals surface area contributed by atoms with E-state index in [0.29, 0.717) is 56.3 Å². The van der Waals surface area contributed by atoms with Crippen molar-refractivity contribution in [1.29, 1.82) is 0 Å². The molecule has 2 aromatic rings. The van der Waals surface area contributed by atoms with Gasteiger partial charge in [0.1, 0.15) is 19.1 Å². The molecule has 208 valence electrons. The molecule has 0 atom stereocenters. The van der Waals surface area contributed by atoms with E-state index in [4.69, 9.17) is 4.42 Å². The molecular formula is C27H32F3N6O3+. The maximum Gasteiger partial charge on any atom is 0.437 e. The standard InChI is InChI=1S/C27H32F3N6O3/c1-33-10-5-7-20(33)25(38)35-14-6-13-34(15-16-35)22-9-8-19(18-31-22)17-21(37)23-24(27(28,29)30)32-26(39-23)36-11-3-2-4-12-36/h7-10,18H,2-6,11-17H2,1H3/q+1. The van der Waals surface area contributed by atoms with Crippen molar-refractivity contribution < 1.29 is 31.8 Å². The molecule has 5 rings (SSSR count). The predicted molar refractivity (Wildman–Crippen MR) is 138 cm³/mol. The number of rotatable bonds is 6. The lowest BCUT2D eigenvalue weighted by molar-refractivity contribution is -0.430. The van der Waals surface area contributed by atoms with Crippen molar-refractivity contribution in [3.63, 3.8) is 0 Å². The summed E-state index contributed by atoms with van der Waals surface area (Å²) in [6.45, 7) is 3.61. The van der Waals surface area contributed by atoms with Crippen LogP contribution in [0.3, 0.4) is 0 Å². The van der Waals surface area contributed by atoms with Gasteiger partial charge >= 0.3 is 12.1 Å². The summed E-state index contributed by atoms with van der Waals surface area (Å²) >= 11 is 0. The number of oxazole rings is 1. The number of carbonyl (C=O) groups excluding carboxylic acids is 2. The fourth-order valence-electron chi connectivity index (χ4n) is 5.20. The van der Waals surface area contributed by atoms with Crippen molar-refractivity contribution in [2.75, 3.05) is 56.1 Å². The number of alkyl halides is 3. The number of hydrogen-bond acceptors (Lipinski definition) is 7. The molecule has 1 amide bonds. The second-order valence-electron chi connectivity index (χ2n) is 10.1. The molecule has 2 fully saturated rings. The van der Waals surface area contributed by atoms with Crippen LogP contribution in [-0.2, 0) is 17.4 Å². The fourth-order valence-corrected chi connectivity index (χ4v) is 5.20. The number of Topliss-reactive ketones (excluding diaryl/α,β-unsaturated/α-hetero) is 1. The number of halogens is 3. The number of aromatic nitrogens is 2. The maximum absolute atomic E-state index is 13.7. The van der Waals surface area contributed by atoms with Gasteiger partial charge in [-0.3, -0.25) is 9.59 Å². The molecule has 0 radical (unpaired) electrons. The van der Waals surface area contributed by atoms with Gasteiger partial charge in [-0.15, -0.1) is 0 Å². The van der Waals surface area contributed by atoms with Gasteiger partial charge in [0.15, 0.2) is 5.69 Å². The second kappa shape index (κ2) is 11.2. The molecule has 3 aliphatic rings. The lowest BCUT2D eigenvalue weighted by Gasteiger charge is -2.24. The summed E-state index contributed by atoms with van der Waals surface area (Å²) in [7, 11) is 1.87. The Balaban J connectivity index is 1.23. The first-order valence-corrected chi connectivity index (χ1v) is 13.3. The molecule has 12 heteroatoms.